The van der Waals surface area contributed by atoms with Gasteiger partial charge in [0.2, 0.25) is 0 Å². The van der Waals surface area contributed by atoms with Crippen molar-refractivity contribution in [3.8, 4) is 0 Å². The van der Waals surface area contributed by atoms with Crippen molar-refractivity contribution in [3.05, 3.63) is 23.8 Å². The average Bonchev–Trinajstić information content (AvgIpc) is 1.91. The van der Waals surface area contributed by atoms with E-state index in [1.165, 1.54) is 11.1 Å². The van der Waals surface area contributed by atoms with Crippen LogP contribution in [0.2, 0.25) is 0 Å². The summed E-state index contributed by atoms with van der Waals surface area (Å²) in [5.41, 5.74) is 2.75. The van der Waals surface area contributed by atoms with E-state index in [-0.39, 0.29) is 0 Å². The second-order valence-electron chi connectivity index (χ2n) is 2.81. The molecule has 66 valence electrons. The summed E-state index contributed by atoms with van der Waals surface area (Å²) in [7, 11) is 0. The Labute approximate surface area is 72.0 Å². The van der Waals surface area contributed by atoms with E-state index in [1.807, 2.05) is 19.9 Å². The monoisotopic (exact) mass is 154 g/mol. The summed E-state index contributed by atoms with van der Waals surface area (Å²) in [5, 5.41) is 0. The number of hydrogen-bond donors (Lipinski definition) is 0. The van der Waals surface area contributed by atoms with E-state index < -0.39 is 0 Å². The summed E-state index contributed by atoms with van der Waals surface area (Å²) in [6, 6.07) is 0. The van der Waals surface area contributed by atoms with E-state index in [1.54, 1.807) is 0 Å². The molecule has 0 aliphatic heterocycles. The molecular weight excluding hydrogens is 132 g/mol. The van der Waals surface area contributed by atoms with Gasteiger partial charge in [0.05, 0.1) is 0 Å². The molecule has 0 aromatic carbocycles. The van der Waals surface area contributed by atoms with Crippen LogP contribution in [0.4, 0.5) is 0 Å². The fourth-order valence-corrected chi connectivity index (χ4v) is 1.02. The zero-order valence-corrected chi connectivity index (χ0v) is 8.86. The van der Waals surface area contributed by atoms with Crippen LogP contribution >= 0.6 is 0 Å². The molecule has 0 N–H and O–H groups in total. The van der Waals surface area contributed by atoms with E-state index in [0.717, 1.165) is 0 Å². The number of allylic oxidation sites excluding steroid dienone is 3. The smallest absolute Gasteiger partial charge is 0.0220 e. The van der Waals surface area contributed by atoms with Gasteiger partial charge in [0.25, 0.3) is 0 Å². The fourth-order valence-electron chi connectivity index (χ4n) is 1.02. The molecular formula is C11H22. The first-order chi connectivity index (χ1) is 5.09. The van der Waals surface area contributed by atoms with Gasteiger partial charge in [0.15, 0.2) is 0 Å². The summed E-state index contributed by atoms with van der Waals surface area (Å²) >= 11 is 0. The lowest BCUT2D eigenvalue weighted by atomic mass is 9.99. The third kappa shape index (κ3) is 5.90. The largest absolute Gasteiger partial charge is 0.0988 e. The van der Waals surface area contributed by atoms with Crippen LogP contribution in [0.3, 0.4) is 0 Å². The van der Waals surface area contributed by atoms with Gasteiger partial charge in [-0.3, -0.25) is 0 Å². The Hall–Kier alpha value is -0.520. The molecule has 0 aliphatic rings. The lowest BCUT2D eigenvalue weighted by molar-refractivity contribution is 0.780. The third-order valence-electron chi connectivity index (χ3n) is 1.42. The van der Waals surface area contributed by atoms with Gasteiger partial charge in [0.1, 0.15) is 0 Å². The zero-order valence-electron chi connectivity index (χ0n) is 8.86. The van der Waals surface area contributed by atoms with Crippen LogP contribution in [0, 0.1) is 5.92 Å². The molecule has 0 aromatic heterocycles. The van der Waals surface area contributed by atoms with E-state index in [4.69, 9.17) is 0 Å². The number of hydrogen-bond acceptors (Lipinski definition) is 0. The van der Waals surface area contributed by atoms with Crippen LogP contribution in [0.15, 0.2) is 23.8 Å². The predicted molar refractivity (Wildman–Crippen MR) is 54.8 cm³/mol. The minimum Gasteiger partial charge on any atom is -0.0988 e. The normalized spacial score (nSPS) is 8.27. The van der Waals surface area contributed by atoms with Gasteiger partial charge in [-0.2, -0.15) is 0 Å². The average molecular weight is 154 g/mol. The second-order valence-corrected chi connectivity index (χ2v) is 2.81. The van der Waals surface area contributed by atoms with Crippen LogP contribution in [-0.4, -0.2) is 0 Å². The highest BCUT2D eigenvalue weighted by Crippen LogP contribution is 2.14. The quantitative estimate of drug-likeness (QED) is 0.523. The summed E-state index contributed by atoms with van der Waals surface area (Å²) in [6.07, 6.45) is 1.94. The maximum Gasteiger partial charge on any atom is -0.0220 e. The van der Waals surface area contributed by atoms with Gasteiger partial charge >= 0.3 is 0 Å². The van der Waals surface area contributed by atoms with Crippen LogP contribution in [0.25, 0.3) is 0 Å². The number of rotatable bonds is 2. The summed E-state index contributed by atoms with van der Waals surface area (Å²) in [4.78, 5) is 0. The first-order valence-electron chi connectivity index (χ1n) is 4.39. The Morgan fingerprint density at radius 2 is 1.55 bits per heavy atom. The molecule has 0 fully saturated rings. The minimum atomic E-state index is 0.618. The maximum absolute atomic E-state index is 3.75. The minimum absolute atomic E-state index is 0.618. The molecule has 0 spiro atoms. The Balaban J connectivity index is 0. The molecule has 0 aliphatic carbocycles. The van der Waals surface area contributed by atoms with Crippen molar-refractivity contribution in [2.75, 3.05) is 0 Å². The van der Waals surface area contributed by atoms with Crippen molar-refractivity contribution in [1.82, 2.24) is 0 Å². The predicted octanol–water partition coefficient (Wildman–Crippen LogP) is 4.19. The molecule has 11 heavy (non-hydrogen) atoms. The van der Waals surface area contributed by atoms with Crippen LogP contribution in [0.1, 0.15) is 41.5 Å². The van der Waals surface area contributed by atoms with Crippen LogP contribution in [0.5, 0.6) is 0 Å². The van der Waals surface area contributed by atoms with Crippen molar-refractivity contribution < 1.29 is 0 Å². The highest BCUT2D eigenvalue weighted by atomic mass is 14.0. The molecule has 0 aromatic rings. The van der Waals surface area contributed by atoms with Gasteiger partial charge in [0, 0.05) is 0 Å². The van der Waals surface area contributed by atoms with E-state index in [9.17, 15) is 0 Å². The van der Waals surface area contributed by atoms with E-state index in [0.29, 0.717) is 5.92 Å². The molecule has 0 amide bonds. The maximum atomic E-state index is 3.75. The van der Waals surface area contributed by atoms with Crippen molar-refractivity contribution in [2.24, 2.45) is 5.92 Å². The van der Waals surface area contributed by atoms with Gasteiger partial charge in [-0.1, -0.05) is 45.9 Å². The standard InChI is InChI=1S/C9H16.C2H6/c1-6-9(7(2)3)8(4)5;1-2/h6-7H,1H2,2-5H3;1-2H3. The Morgan fingerprint density at radius 1 is 1.18 bits per heavy atom. The second kappa shape index (κ2) is 7.59. The Bertz CT molecular complexity index is 123. The van der Waals surface area contributed by atoms with Gasteiger partial charge in [-0.05, 0) is 25.3 Å². The van der Waals surface area contributed by atoms with Crippen LogP contribution in [-0.2, 0) is 0 Å². The fraction of sp³-hybridized carbons (Fsp3) is 0.636. The highest BCUT2D eigenvalue weighted by Gasteiger charge is 1.98. The molecule has 0 saturated carbocycles. The lowest BCUT2D eigenvalue weighted by Crippen LogP contribution is -1.91. The molecule has 0 nitrogen and oxygen atoms in total. The third-order valence-corrected chi connectivity index (χ3v) is 1.42. The SMILES string of the molecule is C=CC(=C(C)C)C(C)C.CC. The molecule has 0 saturated heterocycles. The topological polar surface area (TPSA) is 0 Å². The zero-order chi connectivity index (χ0) is 9.44. The summed E-state index contributed by atoms with van der Waals surface area (Å²) < 4.78 is 0. The van der Waals surface area contributed by atoms with E-state index >= 15 is 0 Å². The molecule has 0 unspecified atom stereocenters. The van der Waals surface area contributed by atoms with Crippen molar-refractivity contribution >= 4 is 0 Å². The summed E-state index contributed by atoms with van der Waals surface area (Å²) in [5.74, 6) is 0.618. The van der Waals surface area contributed by atoms with Gasteiger partial charge in [-0.25, -0.2) is 0 Å². The lowest BCUT2D eigenvalue weighted by Gasteiger charge is -2.07. The molecule has 0 radical (unpaired) electrons. The van der Waals surface area contributed by atoms with E-state index in [2.05, 4.69) is 34.3 Å². The highest BCUT2D eigenvalue weighted by molar-refractivity contribution is 5.22. The van der Waals surface area contributed by atoms with Crippen LogP contribution < -0.4 is 0 Å². The molecule has 0 heterocycles. The van der Waals surface area contributed by atoms with Gasteiger partial charge < -0.3 is 0 Å². The van der Waals surface area contributed by atoms with Crippen molar-refractivity contribution in [1.29, 1.82) is 0 Å². The Kier molecular flexibility index (Phi) is 9.03. The van der Waals surface area contributed by atoms with Crippen molar-refractivity contribution in [3.63, 3.8) is 0 Å². The molecule has 0 atom stereocenters. The molecule has 0 heteroatoms. The molecule has 0 bridgehead atoms. The first-order valence-corrected chi connectivity index (χ1v) is 4.39. The summed E-state index contributed by atoms with van der Waals surface area (Å²) in [6.45, 7) is 16.4. The molecule has 0 rings (SSSR count). The first kappa shape index (κ1) is 13.1. The van der Waals surface area contributed by atoms with Gasteiger partial charge in [-0.15, -0.1) is 0 Å². The van der Waals surface area contributed by atoms with Crippen molar-refractivity contribution in [2.45, 2.75) is 41.5 Å². The Morgan fingerprint density at radius 3 is 1.55 bits per heavy atom.